The van der Waals surface area contributed by atoms with Crippen LogP contribution >= 0.6 is 15.9 Å². The van der Waals surface area contributed by atoms with Crippen LogP contribution in [0.4, 0.5) is 0 Å². The summed E-state index contributed by atoms with van der Waals surface area (Å²) in [4.78, 5) is 0. The second-order valence-corrected chi connectivity index (χ2v) is 10.1. The lowest BCUT2D eigenvalue weighted by molar-refractivity contribution is 0.668. The zero-order valence-corrected chi connectivity index (χ0v) is 19.4. The van der Waals surface area contributed by atoms with Crippen LogP contribution in [0.5, 0.6) is 0 Å². The van der Waals surface area contributed by atoms with Crippen molar-refractivity contribution >= 4 is 43.4 Å². The molecule has 3 aliphatic rings. The zero-order valence-electron chi connectivity index (χ0n) is 17.9. The fraction of sp³-hybridized carbons (Fsp3) is 0.0968. The Bertz CT molecular complexity index is 1730. The average Bonchev–Trinajstić information content (AvgIpc) is 3.48. The molecule has 156 valence electrons. The summed E-state index contributed by atoms with van der Waals surface area (Å²) >= 11 is 3.98. The fourth-order valence-corrected chi connectivity index (χ4v) is 7.35. The van der Waals surface area contributed by atoms with E-state index in [1.807, 2.05) is 0 Å². The van der Waals surface area contributed by atoms with Crippen LogP contribution in [0.1, 0.15) is 35.1 Å². The summed E-state index contributed by atoms with van der Waals surface area (Å²) in [6.45, 7) is 0. The molecule has 1 atom stereocenters. The van der Waals surface area contributed by atoms with E-state index in [0.29, 0.717) is 0 Å². The first kappa shape index (κ1) is 18.1. The van der Waals surface area contributed by atoms with Gasteiger partial charge in [0, 0.05) is 15.2 Å². The molecule has 0 amide bonds. The topological polar surface area (TPSA) is 13.1 Å². The molecule has 8 rings (SSSR count). The summed E-state index contributed by atoms with van der Waals surface area (Å²) in [5, 5.41) is 2.45. The molecular formula is C31H19BrO. The zero-order chi connectivity index (χ0) is 21.7. The quantitative estimate of drug-likeness (QED) is 0.213. The van der Waals surface area contributed by atoms with Crippen LogP contribution in [0.25, 0.3) is 38.6 Å². The van der Waals surface area contributed by atoms with Gasteiger partial charge in [-0.05, 0) is 75.6 Å². The molecule has 3 aliphatic carbocycles. The molecule has 1 nitrogen and oxygen atoms in total. The molecular weight excluding hydrogens is 468 g/mol. The van der Waals surface area contributed by atoms with Crippen molar-refractivity contribution in [2.24, 2.45) is 0 Å². The smallest absolute Gasteiger partial charge is 0.136 e. The van der Waals surface area contributed by atoms with Crippen LogP contribution < -0.4 is 0 Å². The molecule has 1 unspecified atom stereocenters. The number of halogens is 1. The fourth-order valence-electron chi connectivity index (χ4n) is 6.69. The van der Waals surface area contributed by atoms with Crippen molar-refractivity contribution in [1.82, 2.24) is 0 Å². The maximum absolute atomic E-state index is 6.32. The standard InChI is InChI=1S/C31H19BrO/c32-25-14-7-11-19-18-8-1-4-12-22(18)31(30(19)25)23-13-5-2-9-20(23)28-24(31)16-17-27-29(28)21-10-3-6-15-26(21)33-27/h1,3-4,6-17H,2,5H2. The predicted molar refractivity (Wildman–Crippen MR) is 138 cm³/mol. The van der Waals surface area contributed by atoms with Gasteiger partial charge in [0.15, 0.2) is 0 Å². The highest BCUT2D eigenvalue weighted by atomic mass is 79.9. The largest absolute Gasteiger partial charge is 0.456 e. The number of furan rings is 1. The lowest BCUT2D eigenvalue weighted by Crippen LogP contribution is -2.26. The Kier molecular flexibility index (Phi) is 3.38. The number of benzene rings is 4. The normalized spacial score (nSPS) is 19.9. The van der Waals surface area contributed by atoms with E-state index >= 15 is 0 Å². The van der Waals surface area contributed by atoms with Gasteiger partial charge in [0.2, 0.25) is 0 Å². The summed E-state index contributed by atoms with van der Waals surface area (Å²) in [7, 11) is 0. The van der Waals surface area contributed by atoms with Gasteiger partial charge in [-0.3, -0.25) is 0 Å². The molecule has 0 saturated carbocycles. The summed E-state index contributed by atoms with van der Waals surface area (Å²) in [6, 6.07) is 28.6. The minimum Gasteiger partial charge on any atom is -0.456 e. The van der Waals surface area contributed by atoms with Gasteiger partial charge in [-0.25, -0.2) is 0 Å². The first-order chi connectivity index (χ1) is 16.3. The Morgan fingerprint density at radius 3 is 2.48 bits per heavy atom. The number of hydrogen-bond acceptors (Lipinski definition) is 1. The van der Waals surface area contributed by atoms with E-state index in [4.69, 9.17) is 4.42 Å². The van der Waals surface area contributed by atoms with Crippen molar-refractivity contribution < 1.29 is 4.42 Å². The van der Waals surface area contributed by atoms with E-state index in [-0.39, 0.29) is 5.41 Å². The van der Waals surface area contributed by atoms with Gasteiger partial charge in [0.1, 0.15) is 11.2 Å². The monoisotopic (exact) mass is 486 g/mol. The SMILES string of the molecule is Brc1cccc2c1C1(C3=CCCC=C3c3c1ccc1oc4ccccc4c31)c1ccccc1-2. The molecule has 4 aromatic carbocycles. The van der Waals surface area contributed by atoms with Crippen LogP contribution in [0.2, 0.25) is 0 Å². The maximum Gasteiger partial charge on any atom is 0.136 e. The highest BCUT2D eigenvalue weighted by Crippen LogP contribution is 2.66. The second kappa shape index (κ2) is 6.15. The number of fused-ring (bicyclic) bond motifs is 14. The third-order valence-corrected chi connectivity index (χ3v) is 8.45. The first-order valence-electron chi connectivity index (χ1n) is 11.6. The maximum atomic E-state index is 6.32. The highest BCUT2D eigenvalue weighted by molar-refractivity contribution is 9.10. The van der Waals surface area contributed by atoms with E-state index in [1.165, 1.54) is 59.8 Å². The molecule has 0 saturated heterocycles. The van der Waals surface area contributed by atoms with E-state index in [1.54, 1.807) is 0 Å². The van der Waals surface area contributed by atoms with Crippen molar-refractivity contribution in [2.45, 2.75) is 18.3 Å². The van der Waals surface area contributed by atoms with Gasteiger partial charge in [-0.15, -0.1) is 0 Å². The lowest BCUT2D eigenvalue weighted by atomic mass is 9.69. The Labute approximate surface area is 200 Å². The van der Waals surface area contributed by atoms with Gasteiger partial charge in [-0.2, -0.15) is 0 Å². The number of para-hydroxylation sites is 1. The van der Waals surface area contributed by atoms with Crippen LogP contribution in [-0.4, -0.2) is 0 Å². The number of rotatable bonds is 0. The van der Waals surface area contributed by atoms with Gasteiger partial charge in [0.25, 0.3) is 0 Å². The summed E-state index contributed by atoms with van der Waals surface area (Å²) in [5.74, 6) is 0. The second-order valence-electron chi connectivity index (χ2n) is 9.23. The highest BCUT2D eigenvalue weighted by Gasteiger charge is 2.55. The summed E-state index contributed by atoms with van der Waals surface area (Å²) < 4.78 is 7.49. The van der Waals surface area contributed by atoms with E-state index in [9.17, 15) is 0 Å². The third-order valence-electron chi connectivity index (χ3n) is 7.78. The Morgan fingerprint density at radius 1 is 0.697 bits per heavy atom. The molecule has 0 fully saturated rings. The van der Waals surface area contributed by atoms with Crippen LogP contribution in [0, 0.1) is 0 Å². The minimum absolute atomic E-state index is 0.305. The molecule has 5 aromatic rings. The molecule has 2 heteroatoms. The molecule has 0 aliphatic heterocycles. The van der Waals surface area contributed by atoms with Gasteiger partial charge >= 0.3 is 0 Å². The number of allylic oxidation sites excluding steroid dienone is 4. The van der Waals surface area contributed by atoms with Crippen molar-refractivity contribution in [3.8, 4) is 11.1 Å². The van der Waals surface area contributed by atoms with Crippen molar-refractivity contribution in [3.05, 3.63) is 123 Å². The number of hydrogen-bond donors (Lipinski definition) is 0. The molecule has 1 spiro atoms. The minimum atomic E-state index is -0.305. The van der Waals surface area contributed by atoms with E-state index in [0.717, 1.165) is 24.0 Å². The summed E-state index contributed by atoms with van der Waals surface area (Å²) in [5.41, 5.74) is 12.6. The van der Waals surface area contributed by atoms with Gasteiger partial charge in [0.05, 0.1) is 5.41 Å². The van der Waals surface area contributed by atoms with Crippen molar-refractivity contribution in [2.75, 3.05) is 0 Å². The Morgan fingerprint density at radius 2 is 1.52 bits per heavy atom. The molecule has 33 heavy (non-hydrogen) atoms. The van der Waals surface area contributed by atoms with E-state index < -0.39 is 0 Å². The van der Waals surface area contributed by atoms with E-state index in [2.05, 4.69) is 107 Å². The van der Waals surface area contributed by atoms with Crippen LogP contribution in [-0.2, 0) is 5.41 Å². The summed E-state index contributed by atoms with van der Waals surface area (Å²) in [6.07, 6.45) is 7.10. The van der Waals surface area contributed by atoms with Crippen molar-refractivity contribution in [1.29, 1.82) is 0 Å². The molecule has 1 aromatic heterocycles. The lowest BCUT2D eigenvalue weighted by Gasteiger charge is -2.32. The third kappa shape index (κ3) is 2.01. The van der Waals surface area contributed by atoms with Crippen molar-refractivity contribution in [3.63, 3.8) is 0 Å². The molecule has 0 radical (unpaired) electrons. The molecule has 0 N–H and O–H groups in total. The first-order valence-corrected chi connectivity index (χ1v) is 12.3. The molecule has 1 heterocycles. The van der Waals surface area contributed by atoms with Crippen LogP contribution in [0.3, 0.4) is 0 Å². The van der Waals surface area contributed by atoms with Crippen LogP contribution in [0.15, 0.2) is 105 Å². The van der Waals surface area contributed by atoms with Gasteiger partial charge < -0.3 is 4.42 Å². The Hall–Kier alpha value is -3.36. The Balaban J connectivity index is 1.63. The predicted octanol–water partition coefficient (Wildman–Crippen LogP) is 8.78. The average molecular weight is 487 g/mol. The molecule has 0 bridgehead atoms. The van der Waals surface area contributed by atoms with Gasteiger partial charge in [-0.1, -0.05) is 88.7 Å².